The summed E-state index contributed by atoms with van der Waals surface area (Å²) in [7, 11) is 2.49. The minimum Gasteiger partial charge on any atom is -0.493 e. The highest BCUT2D eigenvalue weighted by atomic mass is 32.2. The molecule has 1 N–H and O–H groups in total. The second kappa shape index (κ2) is 16.2. The fourth-order valence-corrected chi connectivity index (χ4v) is 6.89. The highest BCUT2D eigenvalue weighted by Gasteiger charge is 2.26. The van der Waals surface area contributed by atoms with Gasteiger partial charge in [0.25, 0.3) is 10.0 Å². The maximum atomic E-state index is 13.9. The summed E-state index contributed by atoms with van der Waals surface area (Å²) in [5, 5.41) is 3.86. The first-order valence-corrected chi connectivity index (χ1v) is 18.3. The van der Waals surface area contributed by atoms with Crippen molar-refractivity contribution in [1.29, 1.82) is 0 Å². The minimum atomic E-state index is -4.04. The van der Waals surface area contributed by atoms with E-state index < -0.39 is 27.3 Å². The van der Waals surface area contributed by atoms with Crippen LogP contribution >= 0.6 is 0 Å². The van der Waals surface area contributed by atoms with Gasteiger partial charge >= 0.3 is 12.1 Å². The van der Waals surface area contributed by atoms with Crippen LogP contribution in [0.3, 0.4) is 0 Å². The van der Waals surface area contributed by atoms with Gasteiger partial charge in [-0.1, -0.05) is 18.2 Å². The Labute approximate surface area is 306 Å². The molecule has 2 aromatic heterocycles. The molecule has 0 saturated carbocycles. The van der Waals surface area contributed by atoms with Crippen LogP contribution in [0.25, 0.3) is 11.0 Å². The Hall–Kier alpha value is -4.89. The molecule has 0 atom stereocenters. The van der Waals surface area contributed by atoms with E-state index in [1.807, 2.05) is 26.8 Å². The second-order valence-corrected chi connectivity index (χ2v) is 16.3. The fourth-order valence-electron chi connectivity index (χ4n) is 5.53. The first kappa shape index (κ1) is 39.9. The van der Waals surface area contributed by atoms with Gasteiger partial charge in [-0.05, 0) is 85.2 Å². The Bertz CT molecular complexity index is 1990. The van der Waals surface area contributed by atoms with Gasteiger partial charge in [0.1, 0.15) is 23.3 Å². The number of hydrogen-bond donors (Lipinski definition) is 1. The fraction of sp³-hybridized carbons (Fsp3) is 0.459. The molecule has 0 unspecified atom stereocenters. The molecular formula is C37H50N6O8S. The number of nitrogens with zero attached hydrogens (tertiary/aromatic N) is 5. The zero-order valence-electron chi connectivity index (χ0n) is 31.6. The van der Waals surface area contributed by atoms with Crippen molar-refractivity contribution < 1.29 is 37.0 Å². The standard InChI is InChI=1S/C37H50N6O8S/c1-36(2,3)50-30(44)23-41(7)21-26-19-27(20-29(48-9)32(26)49-10)40-33-31-25(15-14-18-42(8)35(45)51-37(4,5)6)22-43(34(31)39-24-38-33)52(46,47)28-16-12-11-13-17-28/h11-13,16-17,19-20,22,24H,14-15,18,21,23H2,1-10H3,(H,38,39,40). The third kappa shape index (κ3) is 10.1. The number of carbonyl (C=O) groups is 2. The summed E-state index contributed by atoms with van der Waals surface area (Å²) in [6.45, 7) is 11.6. The van der Waals surface area contributed by atoms with Crippen LogP contribution < -0.4 is 14.8 Å². The average Bonchev–Trinajstić information content (AvgIpc) is 3.43. The van der Waals surface area contributed by atoms with Crippen LogP contribution in [-0.2, 0) is 37.3 Å². The van der Waals surface area contributed by atoms with E-state index in [1.54, 1.807) is 77.3 Å². The third-order valence-corrected chi connectivity index (χ3v) is 9.32. The number of benzene rings is 2. The normalized spacial score (nSPS) is 12.1. The van der Waals surface area contributed by atoms with Crippen LogP contribution in [0.15, 0.2) is 59.9 Å². The molecule has 0 fully saturated rings. The molecule has 0 saturated heterocycles. The van der Waals surface area contributed by atoms with Gasteiger partial charge in [-0.2, -0.15) is 0 Å². The SMILES string of the molecule is COc1cc(Nc2ncnc3c2c(CCCN(C)C(=O)OC(C)(C)C)cn3S(=O)(=O)c2ccccc2)cc(CN(C)CC(=O)OC(C)(C)C)c1OC. The maximum absolute atomic E-state index is 13.9. The number of esters is 1. The molecule has 0 aliphatic rings. The number of methoxy groups -OCH3 is 2. The lowest BCUT2D eigenvalue weighted by atomic mass is 10.1. The van der Waals surface area contributed by atoms with E-state index in [0.29, 0.717) is 59.9 Å². The zero-order valence-corrected chi connectivity index (χ0v) is 32.5. The van der Waals surface area contributed by atoms with Crippen molar-refractivity contribution in [2.24, 2.45) is 0 Å². The predicted molar refractivity (Wildman–Crippen MR) is 199 cm³/mol. The molecule has 15 heteroatoms. The van der Waals surface area contributed by atoms with Gasteiger partial charge in [0.05, 0.1) is 31.0 Å². The van der Waals surface area contributed by atoms with Gasteiger partial charge < -0.3 is 29.2 Å². The maximum Gasteiger partial charge on any atom is 0.410 e. The van der Waals surface area contributed by atoms with Gasteiger partial charge in [0.2, 0.25) is 0 Å². The molecule has 0 radical (unpaired) electrons. The lowest BCUT2D eigenvalue weighted by molar-refractivity contribution is -0.155. The quantitative estimate of drug-likeness (QED) is 0.151. The zero-order chi connectivity index (χ0) is 38.4. The van der Waals surface area contributed by atoms with E-state index >= 15 is 0 Å². The molecule has 2 heterocycles. The Morgan fingerprint density at radius 2 is 1.58 bits per heavy atom. The molecule has 282 valence electrons. The second-order valence-electron chi connectivity index (χ2n) is 14.4. The van der Waals surface area contributed by atoms with E-state index in [1.165, 1.54) is 34.4 Å². The molecular weight excluding hydrogens is 689 g/mol. The predicted octanol–water partition coefficient (Wildman–Crippen LogP) is 6.00. The highest BCUT2D eigenvalue weighted by Crippen LogP contribution is 2.38. The van der Waals surface area contributed by atoms with Gasteiger partial charge in [0.15, 0.2) is 17.1 Å². The van der Waals surface area contributed by atoms with E-state index in [0.717, 1.165) is 5.56 Å². The Balaban J connectivity index is 1.74. The van der Waals surface area contributed by atoms with Crippen LogP contribution in [-0.4, -0.2) is 96.8 Å². The van der Waals surface area contributed by atoms with Crippen molar-refractivity contribution in [3.63, 3.8) is 0 Å². The lowest BCUT2D eigenvalue weighted by Crippen LogP contribution is -2.34. The van der Waals surface area contributed by atoms with Crippen molar-refractivity contribution in [2.75, 3.05) is 46.7 Å². The van der Waals surface area contributed by atoms with Crippen LogP contribution in [0.1, 0.15) is 59.1 Å². The van der Waals surface area contributed by atoms with Crippen LogP contribution in [0, 0.1) is 0 Å². The number of ether oxygens (including phenoxy) is 4. The van der Waals surface area contributed by atoms with Crippen LogP contribution in [0.5, 0.6) is 11.5 Å². The molecule has 4 aromatic rings. The van der Waals surface area contributed by atoms with Crippen LogP contribution in [0.2, 0.25) is 0 Å². The van der Waals surface area contributed by atoms with E-state index in [9.17, 15) is 18.0 Å². The third-order valence-electron chi connectivity index (χ3n) is 7.65. The molecule has 0 spiro atoms. The van der Waals surface area contributed by atoms with Gasteiger partial charge in [-0.25, -0.2) is 27.2 Å². The molecule has 0 aliphatic heterocycles. The molecule has 52 heavy (non-hydrogen) atoms. The van der Waals surface area contributed by atoms with Crippen molar-refractivity contribution in [3.8, 4) is 11.5 Å². The highest BCUT2D eigenvalue weighted by molar-refractivity contribution is 7.90. The first-order valence-electron chi connectivity index (χ1n) is 16.8. The first-order chi connectivity index (χ1) is 24.3. The summed E-state index contributed by atoms with van der Waals surface area (Å²) in [5.41, 5.74) is 0.892. The number of aromatic nitrogens is 3. The Morgan fingerprint density at radius 1 is 0.904 bits per heavy atom. The monoisotopic (exact) mass is 738 g/mol. The summed E-state index contributed by atoms with van der Waals surface area (Å²) < 4.78 is 51.4. The smallest absolute Gasteiger partial charge is 0.410 e. The van der Waals surface area contributed by atoms with Gasteiger partial charge in [0, 0.05) is 43.7 Å². The molecule has 0 aliphatic carbocycles. The van der Waals surface area contributed by atoms with Crippen molar-refractivity contribution in [2.45, 2.75) is 77.0 Å². The van der Waals surface area contributed by atoms with Gasteiger partial charge in [-0.3, -0.25) is 9.69 Å². The number of carbonyl (C=O) groups excluding carboxylic acids is 2. The molecule has 4 rings (SSSR count). The number of amides is 1. The number of hydrogen-bond acceptors (Lipinski definition) is 12. The number of likely N-dealkylation sites (N-methyl/N-ethyl adjacent to an activating group) is 1. The number of anilines is 2. The average molecular weight is 739 g/mol. The van der Waals surface area contributed by atoms with E-state index in [4.69, 9.17) is 18.9 Å². The minimum absolute atomic E-state index is 0.0445. The van der Waals surface area contributed by atoms with Crippen molar-refractivity contribution >= 4 is 44.6 Å². The number of rotatable bonds is 14. The number of fused-ring (bicyclic) bond motifs is 1. The van der Waals surface area contributed by atoms with Crippen LogP contribution in [0.4, 0.5) is 16.3 Å². The summed E-state index contributed by atoms with van der Waals surface area (Å²) in [6.07, 6.45) is 3.31. The van der Waals surface area contributed by atoms with Crippen molar-refractivity contribution in [3.05, 3.63) is 66.1 Å². The van der Waals surface area contributed by atoms with E-state index in [2.05, 4.69) is 15.3 Å². The molecule has 0 bridgehead atoms. The van der Waals surface area contributed by atoms with Gasteiger partial charge in [-0.15, -0.1) is 0 Å². The van der Waals surface area contributed by atoms with E-state index in [-0.39, 0.29) is 23.1 Å². The molecule has 1 amide bonds. The number of nitrogens with one attached hydrogen (secondary N) is 1. The topological polar surface area (TPSA) is 154 Å². The summed E-state index contributed by atoms with van der Waals surface area (Å²) in [4.78, 5) is 37.5. The Kier molecular flexibility index (Phi) is 12.4. The summed E-state index contributed by atoms with van der Waals surface area (Å²) >= 11 is 0. The largest absolute Gasteiger partial charge is 0.493 e. The molecule has 2 aromatic carbocycles. The molecule has 14 nitrogen and oxygen atoms in total. The Morgan fingerprint density at radius 3 is 2.19 bits per heavy atom. The lowest BCUT2D eigenvalue weighted by Gasteiger charge is -2.24. The van der Waals surface area contributed by atoms with Crippen molar-refractivity contribution in [1.82, 2.24) is 23.7 Å². The summed E-state index contributed by atoms with van der Waals surface area (Å²) in [6, 6.07) is 11.7. The number of aryl methyl sites for hydroxylation is 1. The summed E-state index contributed by atoms with van der Waals surface area (Å²) in [5.74, 6) is 0.932.